The van der Waals surface area contributed by atoms with Crippen LogP contribution in [0.5, 0.6) is 0 Å². The number of nitrogens with one attached hydrogen (secondary N) is 1. The van der Waals surface area contributed by atoms with E-state index in [1.165, 1.54) is 12.8 Å². The van der Waals surface area contributed by atoms with Gasteiger partial charge < -0.3 is 19.5 Å². The monoisotopic (exact) mass is 217 g/mol. The van der Waals surface area contributed by atoms with E-state index < -0.39 is 0 Å². The van der Waals surface area contributed by atoms with Gasteiger partial charge in [-0.15, -0.1) is 0 Å². The minimum absolute atomic E-state index is 0.181. The molecule has 1 aliphatic carbocycles. The largest absolute Gasteiger partial charge is 0.383 e. The third-order valence-electron chi connectivity index (χ3n) is 2.89. The SMILES string of the molecule is COCC(NC(C)C(OC)OC)C1CC1. The summed E-state index contributed by atoms with van der Waals surface area (Å²) in [5, 5.41) is 3.51. The quantitative estimate of drug-likeness (QED) is 0.616. The third kappa shape index (κ3) is 4.07. The summed E-state index contributed by atoms with van der Waals surface area (Å²) in [6.45, 7) is 2.83. The molecule has 0 aromatic rings. The molecule has 4 nitrogen and oxygen atoms in total. The Hall–Kier alpha value is -0.160. The normalized spacial score (nSPS) is 20.6. The average Bonchev–Trinajstić information content (AvgIpc) is 3.02. The second-order valence-electron chi connectivity index (χ2n) is 4.19. The molecule has 4 heteroatoms. The number of hydrogen-bond acceptors (Lipinski definition) is 4. The molecule has 1 fully saturated rings. The van der Waals surface area contributed by atoms with Crippen LogP contribution in [0.4, 0.5) is 0 Å². The molecule has 1 rings (SSSR count). The fourth-order valence-corrected chi connectivity index (χ4v) is 1.92. The van der Waals surface area contributed by atoms with Crippen LogP contribution in [0.15, 0.2) is 0 Å². The van der Waals surface area contributed by atoms with Gasteiger partial charge in [0.1, 0.15) is 0 Å². The van der Waals surface area contributed by atoms with Crippen molar-refractivity contribution in [2.24, 2.45) is 5.92 Å². The predicted octanol–water partition coefficient (Wildman–Crippen LogP) is 1.01. The van der Waals surface area contributed by atoms with Crippen molar-refractivity contribution in [2.45, 2.75) is 38.1 Å². The zero-order chi connectivity index (χ0) is 11.3. The third-order valence-corrected chi connectivity index (χ3v) is 2.89. The van der Waals surface area contributed by atoms with E-state index in [4.69, 9.17) is 14.2 Å². The van der Waals surface area contributed by atoms with Crippen molar-refractivity contribution in [2.75, 3.05) is 27.9 Å². The Kier molecular flexibility index (Phi) is 5.53. The summed E-state index contributed by atoms with van der Waals surface area (Å²) in [5.41, 5.74) is 0. The zero-order valence-electron chi connectivity index (χ0n) is 10.2. The smallest absolute Gasteiger partial charge is 0.171 e. The molecule has 2 unspecified atom stereocenters. The summed E-state index contributed by atoms with van der Waals surface area (Å²) < 4.78 is 15.6. The molecule has 1 saturated carbocycles. The fourth-order valence-electron chi connectivity index (χ4n) is 1.92. The maximum atomic E-state index is 5.21. The Morgan fingerprint density at radius 3 is 2.20 bits per heavy atom. The first kappa shape index (κ1) is 12.9. The van der Waals surface area contributed by atoms with Crippen LogP contribution in [0, 0.1) is 5.92 Å². The molecular weight excluding hydrogens is 194 g/mol. The van der Waals surface area contributed by atoms with E-state index in [2.05, 4.69) is 12.2 Å². The summed E-state index contributed by atoms with van der Waals surface area (Å²) in [7, 11) is 5.06. The lowest BCUT2D eigenvalue weighted by Crippen LogP contribution is -2.47. The predicted molar refractivity (Wildman–Crippen MR) is 58.8 cm³/mol. The molecule has 15 heavy (non-hydrogen) atoms. The summed E-state index contributed by atoms with van der Waals surface area (Å²) in [4.78, 5) is 0. The van der Waals surface area contributed by atoms with Crippen LogP contribution in [-0.4, -0.2) is 46.3 Å². The molecule has 90 valence electrons. The number of hydrogen-bond donors (Lipinski definition) is 1. The highest BCUT2D eigenvalue weighted by molar-refractivity contribution is 4.88. The molecule has 0 saturated heterocycles. The van der Waals surface area contributed by atoms with Crippen molar-refractivity contribution in [1.82, 2.24) is 5.32 Å². The maximum Gasteiger partial charge on any atom is 0.171 e. The Morgan fingerprint density at radius 1 is 1.20 bits per heavy atom. The van der Waals surface area contributed by atoms with Gasteiger partial charge >= 0.3 is 0 Å². The van der Waals surface area contributed by atoms with Crippen molar-refractivity contribution in [3.63, 3.8) is 0 Å². The molecule has 0 radical (unpaired) electrons. The van der Waals surface area contributed by atoms with Crippen molar-refractivity contribution >= 4 is 0 Å². The Morgan fingerprint density at radius 2 is 1.80 bits per heavy atom. The van der Waals surface area contributed by atoms with Crippen LogP contribution >= 0.6 is 0 Å². The van der Waals surface area contributed by atoms with E-state index in [9.17, 15) is 0 Å². The van der Waals surface area contributed by atoms with Crippen molar-refractivity contribution < 1.29 is 14.2 Å². The topological polar surface area (TPSA) is 39.7 Å². The summed E-state index contributed by atoms with van der Waals surface area (Å²) in [6.07, 6.45) is 2.42. The molecule has 1 N–H and O–H groups in total. The van der Waals surface area contributed by atoms with E-state index >= 15 is 0 Å². The minimum atomic E-state index is -0.192. The Bertz CT molecular complexity index is 169. The summed E-state index contributed by atoms with van der Waals surface area (Å²) >= 11 is 0. The van der Waals surface area contributed by atoms with Gasteiger partial charge in [-0.05, 0) is 25.7 Å². The van der Waals surface area contributed by atoms with Gasteiger partial charge in [-0.2, -0.15) is 0 Å². The number of rotatable bonds is 8. The lowest BCUT2D eigenvalue weighted by molar-refractivity contribution is -0.122. The minimum Gasteiger partial charge on any atom is -0.383 e. The average molecular weight is 217 g/mol. The molecule has 1 aliphatic rings. The first-order chi connectivity index (χ1) is 7.22. The highest BCUT2D eigenvalue weighted by Gasteiger charge is 2.33. The maximum absolute atomic E-state index is 5.21. The van der Waals surface area contributed by atoms with Crippen LogP contribution in [-0.2, 0) is 14.2 Å². The number of ether oxygens (including phenoxy) is 3. The van der Waals surface area contributed by atoms with Crippen LogP contribution in [0.1, 0.15) is 19.8 Å². The molecular formula is C11H23NO3. The molecule has 0 heterocycles. The van der Waals surface area contributed by atoms with E-state index in [-0.39, 0.29) is 12.3 Å². The van der Waals surface area contributed by atoms with Crippen molar-refractivity contribution in [1.29, 1.82) is 0 Å². The van der Waals surface area contributed by atoms with Gasteiger partial charge in [-0.1, -0.05) is 0 Å². The van der Waals surface area contributed by atoms with Crippen molar-refractivity contribution in [3.05, 3.63) is 0 Å². The molecule has 0 spiro atoms. The van der Waals surface area contributed by atoms with E-state index in [1.807, 2.05) is 0 Å². The first-order valence-corrected chi connectivity index (χ1v) is 5.53. The van der Waals surface area contributed by atoms with Crippen molar-refractivity contribution in [3.8, 4) is 0 Å². The zero-order valence-corrected chi connectivity index (χ0v) is 10.2. The molecule has 0 aliphatic heterocycles. The fraction of sp³-hybridized carbons (Fsp3) is 1.00. The van der Waals surface area contributed by atoms with Crippen LogP contribution in [0.25, 0.3) is 0 Å². The summed E-state index contributed by atoms with van der Waals surface area (Å²) in [6, 6.07) is 0.610. The number of methoxy groups -OCH3 is 3. The highest BCUT2D eigenvalue weighted by Crippen LogP contribution is 2.33. The van der Waals surface area contributed by atoms with Gasteiger partial charge in [-0.25, -0.2) is 0 Å². The lowest BCUT2D eigenvalue weighted by Gasteiger charge is -2.27. The summed E-state index contributed by atoms with van der Waals surface area (Å²) in [5.74, 6) is 0.766. The van der Waals surface area contributed by atoms with Gasteiger partial charge in [0.15, 0.2) is 6.29 Å². The highest BCUT2D eigenvalue weighted by atomic mass is 16.7. The van der Waals surface area contributed by atoms with E-state index in [1.54, 1.807) is 21.3 Å². The Balaban J connectivity index is 2.34. The van der Waals surface area contributed by atoms with E-state index in [0.29, 0.717) is 6.04 Å². The van der Waals surface area contributed by atoms with Crippen LogP contribution in [0.3, 0.4) is 0 Å². The standard InChI is InChI=1S/C11H23NO3/c1-8(11(14-3)15-4)12-10(7-13-2)9-5-6-9/h8-12H,5-7H2,1-4H3. The second kappa shape index (κ2) is 6.43. The second-order valence-corrected chi connectivity index (χ2v) is 4.19. The van der Waals surface area contributed by atoms with E-state index in [0.717, 1.165) is 12.5 Å². The van der Waals surface area contributed by atoms with Gasteiger partial charge in [-0.3, -0.25) is 0 Å². The lowest BCUT2D eigenvalue weighted by atomic mass is 10.1. The molecule has 2 atom stereocenters. The molecule has 0 aromatic carbocycles. The van der Waals surface area contributed by atoms with Gasteiger partial charge in [0.25, 0.3) is 0 Å². The van der Waals surface area contributed by atoms with Gasteiger partial charge in [0.05, 0.1) is 12.6 Å². The molecule has 0 amide bonds. The van der Waals surface area contributed by atoms with Crippen LogP contribution < -0.4 is 5.32 Å². The van der Waals surface area contributed by atoms with Gasteiger partial charge in [0.2, 0.25) is 0 Å². The molecule has 0 bridgehead atoms. The molecule has 0 aromatic heterocycles. The van der Waals surface area contributed by atoms with Gasteiger partial charge in [0, 0.05) is 27.4 Å². The Labute approximate surface area is 92.3 Å². The van der Waals surface area contributed by atoms with Crippen LogP contribution in [0.2, 0.25) is 0 Å². The first-order valence-electron chi connectivity index (χ1n) is 5.53.